The van der Waals surface area contributed by atoms with Gasteiger partial charge in [-0.25, -0.2) is 10.7 Å². The maximum Gasteiger partial charge on any atom is 0.341 e. The molecule has 0 saturated carbocycles. The molecule has 0 aliphatic heterocycles. The van der Waals surface area contributed by atoms with Gasteiger partial charge >= 0.3 is 5.97 Å². The monoisotopic (exact) mass is 215 g/mol. The van der Waals surface area contributed by atoms with E-state index in [9.17, 15) is 4.79 Å². The summed E-state index contributed by atoms with van der Waals surface area (Å²) in [7, 11) is 1.26. The Morgan fingerprint density at radius 3 is 2.79 bits per heavy atom. The number of carbonyl (C=O) groups excluding carboxylic acids is 1. The molecule has 1 rings (SSSR count). The molecule has 1 aromatic rings. The fourth-order valence-corrected chi connectivity index (χ4v) is 1.25. The van der Waals surface area contributed by atoms with E-state index < -0.39 is 12.1 Å². The molecule has 0 bridgehead atoms. The van der Waals surface area contributed by atoms with E-state index in [2.05, 4.69) is 9.57 Å². The summed E-state index contributed by atoms with van der Waals surface area (Å²) in [5.74, 6) is 4.43. The molecule has 0 amide bonds. The zero-order valence-electron chi connectivity index (χ0n) is 7.57. The first-order valence-electron chi connectivity index (χ1n) is 3.88. The minimum absolute atomic E-state index is 0.508. The number of esters is 1. The first kappa shape index (κ1) is 11.0. The van der Waals surface area contributed by atoms with Crippen molar-refractivity contribution in [3.63, 3.8) is 0 Å². The van der Waals surface area contributed by atoms with Crippen LogP contribution in [0.1, 0.15) is 11.7 Å². The van der Waals surface area contributed by atoms with Crippen LogP contribution in [0, 0.1) is 0 Å². The minimum atomic E-state index is -0.932. The normalized spacial score (nSPS) is 12.2. The Hall–Kier alpha value is -1.10. The lowest BCUT2D eigenvalue weighted by atomic mass is 10.1. The number of benzene rings is 1. The highest BCUT2D eigenvalue weighted by molar-refractivity contribution is 6.30. The molecule has 14 heavy (non-hydrogen) atoms. The zero-order valence-corrected chi connectivity index (χ0v) is 8.32. The van der Waals surface area contributed by atoms with Gasteiger partial charge in [0, 0.05) is 5.02 Å². The summed E-state index contributed by atoms with van der Waals surface area (Å²) in [5, 5.41) is 0.508. The van der Waals surface area contributed by atoms with Gasteiger partial charge in [0.15, 0.2) is 0 Å². The van der Waals surface area contributed by atoms with Crippen LogP contribution in [-0.4, -0.2) is 13.1 Å². The van der Waals surface area contributed by atoms with Crippen LogP contribution >= 0.6 is 11.6 Å². The largest absolute Gasteiger partial charge is 0.467 e. The van der Waals surface area contributed by atoms with Gasteiger partial charge in [-0.3, -0.25) is 4.84 Å². The van der Waals surface area contributed by atoms with Crippen LogP contribution in [0.4, 0.5) is 0 Å². The summed E-state index contributed by atoms with van der Waals surface area (Å²) in [5.41, 5.74) is 0.562. The Labute approximate surface area is 86.5 Å². The molecule has 0 aliphatic rings. The molecule has 1 unspecified atom stereocenters. The number of nitrogens with two attached hydrogens (primary N) is 1. The predicted molar refractivity (Wildman–Crippen MR) is 51.5 cm³/mol. The van der Waals surface area contributed by atoms with E-state index in [-0.39, 0.29) is 0 Å². The molecular formula is C9H10ClNO3. The molecule has 1 aromatic carbocycles. The molecular weight excluding hydrogens is 206 g/mol. The third kappa shape index (κ3) is 2.45. The van der Waals surface area contributed by atoms with E-state index >= 15 is 0 Å². The Morgan fingerprint density at radius 2 is 2.29 bits per heavy atom. The molecule has 0 radical (unpaired) electrons. The Bertz CT molecular complexity index is 330. The second-order valence-electron chi connectivity index (χ2n) is 2.59. The average Bonchev–Trinajstić information content (AvgIpc) is 2.19. The molecule has 0 fully saturated rings. The molecule has 5 heteroatoms. The molecule has 0 heterocycles. The van der Waals surface area contributed by atoms with E-state index in [4.69, 9.17) is 17.5 Å². The van der Waals surface area contributed by atoms with Gasteiger partial charge in [-0.15, -0.1) is 0 Å². The predicted octanol–water partition coefficient (Wildman–Crippen LogP) is 1.44. The topological polar surface area (TPSA) is 61.5 Å². The van der Waals surface area contributed by atoms with Crippen LogP contribution in [0.15, 0.2) is 24.3 Å². The van der Waals surface area contributed by atoms with E-state index in [1.165, 1.54) is 7.11 Å². The van der Waals surface area contributed by atoms with Gasteiger partial charge in [0.2, 0.25) is 6.10 Å². The van der Waals surface area contributed by atoms with Crippen LogP contribution < -0.4 is 5.90 Å². The Morgan fingerprint density at radius 1 is 1.57 bits per heavy atom. The number of rotatable bonds is 3. The third-order valence-electron chi connectivity index (χ3n) is 1.70. The van der Waals surface area contributed by atoms with Crippen LogP contribution in [0.2, 0.25) is 5.02 Å². The number of carbonyl (C=O) groups is 1. The molecule has 0 aromatic heterocycles. The highest BCUT2D eigenvalue weighted by Crippen LogP contribution is 2.20. The van der Waals surface area contributed by atoms with Gasteiger partial charge in [0.25, 0.3) is 0 Å². The van der Waals surface area contributed by atoms with E-state index in [1.54, 1.807) is 24.3 Å². The second kappa shape index (κ2) is 4.95. The highest BCUT2D eigenvalue weighted by atomic mass is 35.5. The lowest BCUT2D eigenvalue weighted by Gasteiger charge is -2.12. The summed E-state index contributed by atoms with van der Waals surface area (Å²) in [6.07, 6.45) is -0.932. The van der Waals surface area contributed by atoms with Gasteiger partial charge in [-0.05, 0) is 17.7 Å². The molecule has 76 valence electrons. The number of halogens is 1. The van der Waals surface area contributed by atoms with Gasteiger partial charge in [0.05, 0.1) is 7.11 Å². The highest BCUT2D eigenvalue weighted by Gasteiger charge is 2.21. The number of hydrogen-bond donors (Lipinski definition) is 1. The quantitative estimate of drug-likeness (QED) is 0.612. The summed E-state index contributed by atoms with van der Waals surface area (Å²) < 4.78 is 4.51. The summed E-state index contributed by atoms with van der Waals surface area (Å²) in [6, 6.07) is 6.67. The van der Waals surface area contributed by atoms with Crippen molar-refractivity contribution in [1.29, 1.82) is 0 Å². The van der Waals surface area contributed by atoms with E-state index in [0.29, 0.717) is 10.6 Å². The summed E-state index contributed by atoms with van der Waals surface area (Å²) in [6.45, 7) is 0. The SMILES string of the molecule is COC(=O)C(ON)c1cccc(Cl)c1. The fraction of sp³-hybridized carbons (Fsp3) is 0.222. The lowest BCUT2D eigenvalue weighted by Crippen LogP contribution is -2.20. The first-order chi connectivity index (χ1) is 6.69. The van der Waals surface area contributed by atoms with Crippen LogP contribution in [0.3, 0.4) is 0 Å². The number of hydrogen-bond acceptors (Lipinski definition) is 4. The van der Waals surface area contributed by atoms with Crippen molar-refractivity contribution in [2.75, 3.05) is 7.11 Å². The number of ether oxygens (including phenoxy) is 1. The van der Waals surface area contributed by atoms with Crippen molar-refractivity contribution < 1.29 is 14.4 Å². The molecule has 0 saturated heterocycles. The second-order valence-corrected chi connectivity index (χ2v) is 3.03. The van der Waals surface area contributed by atoms with Crippen LogP contribution in [-0.2, 0) is 14.4 Å². The zero-order chi connectivity index (χ0) is 10.6. The van der Waals surface area contributed by atoms with Gasteiger partial charge in [0.1, 0.15) is 0 Å². The first-order valence-corrected chi connectivity index (χ1v) is 4.25. The smallest absolute Gasteiger partial charge is 0.341 e. The molecule has 0 aliphatic carbocycles. The fourth-order valence-electron chi connectivity index (χ4n) is 1.05. The van der Waals surface area contributed by atoms with Gasteiger partial charge in [-0.2, -0.15) is 0 Å². The van der Waals surface area contributed by atoms with Crippen molar-refractivity contribution in [2.45, 2.75) is 6.10 Å². The summed E-state index contributed by atoms with van der Waals surface area (Å²) in [4.78, 5) is 15.7. The maximum atomic E-state index is 11.2. The van der Waals surface area contributed by atoms with Crippen molar-refractivity contribution in [3.05, 3.63) is 34.9 Å². The lowest BCUT2D eigenvalue weighted by molar-refractivity contribution is -0.155. The Kier molecular flexibility index (Phi) is 3.88. The van der Waals surface area contributed by atoms with Crippen LogP contribution in [0.25, 0.3) is 0 Å². The van der Waals surface area contributed by atoms with Gasteiger partial charge < -0.3 is 4.74 Å². The summed E-state index contributed by atoms with van der Waals surface area (Å²) >= 11 is 5.75. The van der Waals surface area contributed by atoms with E-state index in [0.717, 1.165) is 0 Å². The molecule has 2 N–H and O–H groups in total. The third-order valence-corrected chi connectivity index (χ3v) is 1.94. The average molecular weight is 216 g/mol. The van der Waals surface area contributed by atoms with Gasteiger partial charge in [-0.1, -0.05) is 23.7 Å². The van der Waals surface area contributed by atoms with E-state index in [1.807, 2.05) is 0 Å². The van der Waals surface area contributed by atoms with Crippen molar-refractivity contribution in [1.82, 2.24) is 0 Å². The van der Waals surface area contributed by atoms with Crippen molar-refractivity contribution in [3.8, 4) is 0 Å². The van der Waals surface area contributed by atoms with Crippen molar-refractivity contribution >= 4 is 17.6 Å². The molecule has 1 atom stereocenters. The Balaban J connectivity index is 2.94. The van der Waals surface area contributed by atoms with Crippen LogP contribution in [0.5, 0.6) is 0 Å². The number of methoxy groups -OCH3 is 1. The molecule has 0 spiro atoms. The molecule has 4 nitrogen and oxygen atoms in total. The standard InChI is InChI=1S/C9H10ClNO3/c1-13-9(12)8(14-11)6-3-2-4-7(10)5-6/h2-5,8H,11H2,1H3. The van der Waals surface area contributed by atoms with Crippen molar-refractivity contribution in [2.24, 2.45) is 5.90 Å². The maximum absolute atomic E-state index is 11.2. The minimum Gasteiger partial charge on any atom is -0.467 e.